The van der Waals surface area contributed by atoms with Gasteiger partial charge in [0.1, 0.15) is 17.3 Å². The molecule has 1 aromatic carbocycles. The van der Waals surface area contributed by atoms with Gasteiger partial charge in [0.15, 0.2) is 0 Å². The van der Waals surface area contributed by atoms with Crippen molar-refractivity contribution in [2.24, 2.45) is 0 Å². The van der Waals surface area contributed by atoms with Gasteiger partial charge in [-0.05, 0) is 30.0 Å². The third-order valence-electron chi connectivity index (χ3n) is 4.92. The minimum absolute atomic E-state index is 0.0775. The standard InChI is InChI=1S/C22H31N5O2/c1-16-24-19(15-20(25-16)23-9-10-27-11-13-29-14-12-27)21(28)26-18-7-5-17(6-8-18)22(2,3)4/h5-8,15H,9-14H2,1-4H3,(H,26,28)(H,23,24,25). The molecule has 0 spiro atoms. The van der Waals surface area contributed by atoms with Crippen LogP contribution in [0.2, 0.25) is 0 Å². The summed E-state index contributed by atoms with van der Waals surface area (Å²) in [7, 11) is 0. The molecule has 0 saturated carbocycles. The zero-order valence-corrected chi connectivity index (χ0v) is 17.8. The number of morpholine rings is 1. The molecule has 29 heavy (non-hydrogen) atoms. The van der Waals surface area contributed by atoms with Crippen LogP contribution in [0.25, 0.3) is 0 Å². The van der Waals surface area contributed by atoms with Crippen LogP contribution in [0, 0.1) is 6.92 Å². The van der Waals surface area contributed by atoms with E-state index in [1.165, 1.54) is 5.56 Å². The van der Waals surface area contributed by atoms with Crippen LogP contribution in [-0.4, -0.2) is 60.2 Å². The number of aryl methyl sites for hydroxylation is 1. The molecule has 0 unspecified atom stereocenters. The van der Waals surface area contributed by atoms with E-state index in [2.05, 4.69) is 46.3 Å². The number of carbonyl (C=O) groups is 1. The molecule has 3 rings (SSSR count). The predicted octanol–water partition coefficient (Wildman–Crippen LogP) is 3.08. The van der Waals surface area contributed by atoms with Crippen LogP contribution < -0.4 is 10.6 Å². The van der Waals surface area contributed by atoms with Gasteiger partial charge in [-0.25, -0.2) is 9.97 Å². The lowest BCUT2D eigenvalue weighted by molar-refractivity contribution is 0.0398. The van der Waals surface area contributed by atoms with Gasteiger partial charge in [-0.2, -0.15) is 0 Å². The highest BCUT2D eigenvalue weighted by molar-refractivity contribution is 6.03. The van der Waals surface area contributed by atoms with Crippen LogP contribution in [0.4, 0.5) is 11.5 Å². The fourth-order valence-electron chi connectivity index (χ4n) is 3.19. The molecule has 1 aliphatic rings. The summed E-state index contributed by atoms with van der Waals surface area (Å²) in [6.45, 7) is 13.4. The number of amides is 1. The summed E-state index contributed by atoms with van der Waals surface area (Å²) in [5, 5.41) is 6.22. The highest BCUT2D eigenvalue weighted by Gasteiger charge is 2.15. The predicted molar refractivity (Wildman–Crippen MR) is 116 cm³/mol. The van der Waals surface area contributed by atoms with Crippen LogP contribution in [-0.2, 0) is 10.2 Å². The molecule has 1 aliphatic heterocycles. The minimum atomic E-state index is -0.241. The molecule has 1 aromatic heterocycles. The van der Waals surface area contributed by atoms with Crippen LogP contribution in [0.15, 0.2) is 30.3 Å². The molecule has 0 atom stereocenters. The van der Waals surface area contributed by atoms with Gasteiger partial charge >= 0.3 is 0 Å². The normalized spacial score (nSPS) is 15.2. The zero-order chi connectivity index (χ0) is 20.9. The van der Waals surface area contributed by atoms with Gasteiger partial charge in [0.2, 0.25) is 0 Å². The Hall–Kier alpha value is -2.51. The molecule has 2 N–H and O–H groups in total. The molecule has 0 aliphatic carbocycles. The van der Waals surface area contributed by atoms with Gasteiger partial charge in [0.25, 0.3) is 5.91 Å². The van der Waals surface area contributed by atoms with Crippen molar-refractivity contribution in [1.82, 2.24) is 14.9 Å². The maximum absolute atomic E-state index is 12.7. The summed E-state index contributed by atoms with van der Waals surface area (Å²) in [5.41, 5.74) is 2.40. The minimum Gasteiger partial charge on any atom is -0.379 e. The fourth-order valence-corrected chi connectivity index (χ4v) is 3.19. The quantitative estimate of drug-likeness (QED) is 0.780. The van der Waals surface area contributed by atoms with E-state index in [1.54, 1.807) is 13.0 Å². The number of hydrogen-bond donors (Lipinski definition) is 2. The van der Waals surface area contributed by atoms with E-state index in [9.17, 15) is 4.79 Å². The molecule has 156 valence electrons. The van der Waals surface area contributed by atoms with Crippen molar-refractivity contribution < 1.29 is 9.53 Å². The van der Waals surface area contributed by atoms with E-state index in [0.29, 0.717) is 17.3 Å². The molecular weight excluding hydrogens is 366 g/mol. The third kappa shape index (κ3) is 6.24. The first-order valence-electron chi connectivity index (χ1n) is 10.1. The van der Waals surface area contributed by atoms with Crippen molar-refractivity contribution in [2.45, 2.75) is 33.1 Å². The van der Waals surface area contributed by atoms with Crippen molar-refractivity contribution in [2.75, 3.05) is 50.0 Å². The molecule has 1 amide bonds. The topological polar surface area (TPSA) is 79.4 Å². The van der Waals surface area contributed by atoms with E-state index in [4.69, 9.17) is 4.74 Å². The molecular formula is C22H31N5O2. The van der Waals surface area contributed by atoms with Gasteiger partial charge in [0, 0.05) is 37.9 Å². The molecule has 2 aromatic rings. The van der Waals surface area contributed by atoms with Gasteiger partial charge in [-0.15, -0.1) is 0 Å². The lowest BCUT2D eigenvalue weighted by Crippen LogP contribution is -2.39. The summed E-state index contributed by atoms with van der Waals surface area (Å²) in [6.07, 6.45) is 0. The zero-order valence-electron chi connectivity index (χ0n) is 17.8. The van der Waals surface area contributed by atoms with Crippen LogP contribution in [0.5, 0.6) is 0 Å². The van der Waals surface area contributed by atoms with Crippen molar-refractivity contribution in [3.63, 3.8) is 0 Å². The smallest absolute Gasteiger partial charge is 0.274 e. The highest BCUT2D eigenvalue weighted by atomic mass is 16.5. The summed E-state index contributed by atoms with van der Waals surface area (Å²) >= 11 is 0. The maximum atomic E-state index is 12.7. The summed E-state index contributed by atoms with van der Waals surface area (Å²) < 4.78 is 5.37. The number of rotatable bonds is 6. The Balaban J connectivity index is 1.60. The number of hydrogen-bond acceptors (Lipinski definition) is 6. The molecule has 2 heterocycles. The Morgan fingerprint density at radius 1 is 1.14 bits per heavy atom. The summed E-state index contributed by atoms with van der Waals surface area (Å²) in [6, 6.07) is 9.63. The number of benzene rings is 1. The molecule has 0 bridgehead atoms. The van der Waals surface area contributed by atoms with E-state index in [0.717, 1.165) is 45.1 Å². The van der Waals surface area contributed by atoms with Crippen LogP contribution in [0.3, 0.4) is 0 Å². The number of nitrogens with one attached hydrogen (secondary N) is 2. The average Bonchev–Trinajstić information content (AvgIpc) is 2.68. The second kappa shape index (κ2) is 9.33. The Kier molecular flexibility index (Phi) is 6.82. The number of carbonyl (C=O) groups excluding carboxylic acids is 1. The summed E-state index contributed by atoms with van der Waals surface area (Å²) in [4.78, 5) is 23.7. The van der Waals surface area contributed by atoms with Gasteiger partial charge in [0.05, 0.1) is 13.2 Å². The van der Waals surface area contributed by atoms with E-state index >= 15 is 0 Å². The summed E-state index contributed by atoms with van der Waals surface area (Å²) in [5.74, 6) is 0.990. The van der Waals surface area contributed by atoms with Gasteiger partial charge in [-0.3, -0.25) is 9.69 Å². The monoisotopic (exact) mass is 397 g/mol. The molecule has 1 fully saturated rings. The maximum Gasteiger partial charge on any atom is 0.274 e. The Labute approximate surface area is 172 Å². The van der Waals surface area contributed by atoms with Crippen molar-refractivity contribution >= 4 is 17.4 Å². The fraction of sp³-hybridized carbons (Fsp3) is 0.500. The van der Waals surface area contributed by atoms with E-state index in [-0.39, 0.29) is 11.3 Å². The molecule has 7 nitrogen and oxygen atoms in total. The lowest BCUT2D eigenvalue weighted by Gasteiger charge is -2.26. The molecule has 0 radical (unpaired) electrons. The van der Waals surface area contributed by atoms with E-state index < -0.39 is 0 Å². The van der Waals surface area contributed by atoms with E-state index in [1.807, 2.05) is 24.3 Å². The molecule has 7 heteroatoms. The van der Waals surface area contributed by atoms with Crippen LogP contribution >= 0.6 is 0 Å². The number of nitrogens with zero attached hydrogens (tertiary/aromatic N) is 3. The first kappa shape index (κ1) is 21.2. The third-order valence-corrected chi connectivity index (χ3v) is 4.92. The number of anilines is 2. The first-order valence-corrected chi connectivity index (χ1v) is 10.1. The van der Waals surface area contributed by atoms with Gasteiger partial charge < -0.3 is 15.4 Å². The average molecular weight is 398 g/mol. The first-order chi connectivity index (χ1) is 13.8. The Bertz CT molecular complexity index is 824. The van der Waals surface area contributed by atoms with Crippen molar-refractivity contribution in [3.8, 4) is 0 Å². The second-order valence-electron chi connectivity index (χ2n) is 8.35. The highest BCUT2D eigenvalue weighted by Crippen LogP contribution is 2.23. The van der Waals surface area contributed by atoms with Crippen LogP contribution in [0.1, 0.15) is 42.6 Å². The van der Waals surface area contributed by atoms with Crippen molar-refractivity contribution in [1.29, 1.82) is 0 Å². The largest absolute Gasteiger partial charge is 0.379 e. The number of ether oxygens (including phenoxy) is 1. The number of aromatic nitrogens is 2. The SMILES string of the molecule is Cc1nc(NCCN2CCOCC2)cc(C(=O)Nc2ccc(C(C)(C)C)cc2)n1. The second-order valence-corrected chi connectivity index (χ2v) is 8.35. The van der Waals surface area contributed by atoms with Gasteiger partial charge in [-0.1, -0.05) is 32.9 Å². The van der Waals surface area contributed by atoms with Crippen molar-refractivity contribution in [3.05, 3.63) is 47.4 Å². The lowest BCUT2D eigenvalue weighted by atomic mass is 9.87. The molecule has 1 saturated heterocycles. The Morgan fingerprint density at radius 3 is 2.48 bits per heavy atom. The Morgan fingerprint density at radius 2 is 1.83 bits per heavy atom.